The van der Waals surface area contributed by atoms with Crippen LogP contribution in [0.5, 0.6) is 0 Å². The van der Waals surface area contributed by atoms with Crippen molar-refractivity contribution in [1.29, 1.82) is 0 Å². The molecule has 4 heterocycles. The number of carbonyl (C=O) groups is 1. The number of fused-ring (bicyclic) bond motifs is 2. The van der Waals surface area contributed by atoms with E-state index in [-0.39, 0.29) is 12.1 Å². The molecule has 1 saturated carbocycles. The average molecular weight is 393 g/mol. The van der Waals surface area contributed by atoms with Crippen LogP contribution in [0.1, 0.15) is 61.8 Å². The molecule has 2 N–H and O–H groups in total. The minimum Gasteiger partial charge on any atom is -0.346 e. The van der Waals surface area contributed by atoms with Crippen LogP contribution in [0.4, 0.5) is 4.79 Å². The summed E-state index contributed by atoms with van der Waals surface area (Å²) in [6.45, 7) is 4.10. The van der Waals surface area contributed by atoms with Gasteiger partial charge in [-0.05, 0) is 43.9 Å². The Bertz CT molecular complexity index is 1020. The topological polar surface area (TPSA) is 91.7 Å². The second-order valence-electron chi connectivity index (χ2n) is 8.11. The molecule has 0 bridgehead atoms. The highest BCUT2D eigenvalue weighted by Crippen LogP contribution is 2.35. The van der Waals surface area contributed by atoms with Crippen molar-refractivity contribution >= 4 is 17.1 Å². The van der Waals surface area contributed by atoms with Gasteiger partial charge in [-0.2, -0.15) is 0 Å². The number of hydrogen-bond acceptors (Lipinski definition) is 4. The SMILES string of the molecule is CC1c2nnc(C3CCCC3)n2CCN1C(=O)NCCc1c[nH]c2ncccc12. The molecule has 0 radical (unpaired) electrons. The molecule has 1 aliphatic carbocycles. The number of hydrogen-bond donors (Lipinski definition) is 2. The predicted molar refractivity (Wildman–Crippen MR) is 110 cm³/mol. The largest absolute Gasteiger partial charge is 0.346 e. The van der Waals surface area contributed by atoms with E-state index >= 15 is 0 Å². The Balaban J connectivity index is 1.22. The van der Waals surface area contributed by atoms with E-state index in [1.165, 1.54) is 31.2 Å². The molecule has 1 fully saturated rings. The van der Waals surface area contributed by atoms with Crippen LogP contribution < -0.4 is 5.32 Å². The molecule has 0 spiro atoms. The van der Waals surface area contributed by atoms with Gasteiger partial charge in [0.1, 0.15) is 11.5 Å². The fourth-order valence-corrected chi connectivity index (χ4v) is 4.80. The van der Waals surface area contributed by atoms with E-state index in [1.807, 2.05) is 24.1 Å². The van der Waals surface area contributed by atoms with E-state index in [2.05, 4.69) is 36.1 Å². The van der Waals surface area contributed by atoms with Gasteiger partial charge < -0.3 is 19.8 Å². The van der Waals surface area contributed by atoms with Gasteiger partial charge >= 0.3 is 6.03 Å². The molecule has 5 rings (SSSR count). The number of H-pyrrole nitrogens is 1. The Kier molecular flexibility index (Phi) is 4.69. The van der Waals surface area contributed by atoms with Gasteiger partial charge in [0.15, 0.2) is 5.82 Å². The lowest BCUT2D eigenvalue weighted by Crippen LogP contribution is -2.47. The summed E-state index contributed by atoms with van der Waals surface area (Å²) in [6, 6.07) is 3.89. The fraction of sp³-hybridized carbons (Fsp3) is 0.524. The van der Waals surface area contributed by atoms with Gasteiger partial charge in [-0.15, -0.1) is 10.2 Å². The summed E-state index contributed by atoms with van der Waals surface area (Å²) in [5, 5.41) is 13.1. The summed E-state index contributed by atoms with van der Waals surface area (Å²) >= 11 is 0. The van der Waals surface area contributed by atoms with Crippen molar-refractivity contribution in [2.75, 3.05) is 13.1 Å². The molecule has 29 heavy (non-hydrogen) atoms. The smallest absolute Gasteiger partial charge is 0.318 e. The highest BCUT2D eigenvalue weighted by atomic mass is 16.2. The number of rotatable bonds is 4. The van der Waals surface area contributed by atoms with Crippen LogP contribution in [0.3, 0.4) is 0 Å². The monoisotopic (exact) mass is 393 g/mol. The van der Waals surface area contributed by atoms with Gasteiger partial charge in [0.25, 0.3) is 0 Å². The average Bonchev–Trinajstić information content (AvgIpc) is 3.48. The second kappa shape index (κ2) is 7.50. The number of nitrogens with zero attached hydrogens (tertiary/aromatic N) is 5. The molecule has 0 saturated heterocycles. The van der Waals surface area contributed by atoms with Crippen molar-refractivity contribution in [1.82, 2.24) is 34.9 Å². The third-order valence-corrected chi connectivity index (χ3v) is 6.40. The Morgan fingerprint density at radius 1 is 1.24 bits per heavy atom. The molecule has 3 aromatic heterocycles. The lowest BCUT2D eigenvalue weighted by atomic mass is 10.1. The minimum atomic E-state index is -0.0660. The van der Waals surface area contributed by atoms with Crippen LogP contribution in [0.2, 0.25) is 0 Å². The molecular weight excluding hydrogens is 366 g/mol. The Labute approximate surface area is 169 Å². The molecule has 2 amide bonds. The molecule has 2 aliphatic rings. The number of aromatic amines is 1. The highest BCUT2D eigenvalue weighted by Gasteiger charge is 2.33. The summed E-state index contributed by atoms with van der Waals surface area (Å²) in [6.07, 6.45) is 9.49. The van der Waals surface area contributed by atoms with Crippen molar-refractivity contribution in [3.63, 3.8) is 0 Å². The number of aromatic nitrogens is 5. The van der Waals surface area contributed by atoms with Gasteiger partial charge in [-0.1, -0.05) is 12.8 Å². The lowest BCUT2D eigenvalue weighted by Gasteiger charge is -2.34. The first-order valence-electron chi connectivity index (χ1n) is 10.6. The molecule has 152 valence electrons. The number of pyridine rings is 1. The Morgan fingerprint density at radius 2 is 2.07 bits per heavy atom. The molecule has 1 atom stereocenters. The molecule has 1 unspecified atom stereocenters. The quantitative estimate of drug-likeness (QED) is 0.712. The van der Waals surface area contributed by atoms with Crippen molar-refractivity contribution in [3.05, 3.63) is 41.7 Å². The number of carbonyl (C=O) groups excluding carboxylic acids is 1. The first-order valence-corrected chi connectivity index (χ1v) is 10.6. The molecule has 8 heteroatoms. The third-order valence-electron chi connectivity index (χ3n) is 6.40. The Morgan fingerprint density at radius 3 is 2.93 bits per heavy atom. The summed E-state index contributed by atoms with van der Waals surface area (Å²) in [5.41, 5.74) is 2.05. The van der Waals surface area contributed by atoms with Crippen LogP contribution in [-0.2, 0) is 13.0 Å². The summed E-state index contributed by atoms with van der Waals surface area (Å²) in [4.78, 5) is 22.2. The first kappa shape index (κ1) is 18.1. The van der Waals surface area contributed by atoms with E-state index < -0.39 is 0 Å². The zero-order valence-corrected chi connectivity index (χ0v) is 16.8. The lowest BCUT2D eigenvalue weighted by molar-refractivity contribution is 0.159. The van der Waals surface area contributed by atoms with Crippen molar-refractivity contribution in [3.8, 4) is 0 Å². The van der Waals surface area contributed by atoms with Crippen molar-refractivity contribution < 1.29 is 4.79 Å². The molecular formula is C21H27N7O. The molecule has 3 aromatic rings. The van der Waals surface area contributed by atoms with Crippen LogP contribution in [0.15, 0.2) is 24.5 Å². The summed E-state index contributed by atoms with van der Waals surface area (Å²) in [7, 11) is 0. The molecule has 0 aromatic carbocycles. The Hall–Kier alpha value is -2.90. The normalized spacial score (nSPS) is 19.6. The minimum absolute atomic E-state index is 0.0351. The van der Waals surface area contributed by atoms with Gasteiger partial charge in [-0.3, -0.25) is 0 Å². The van der Waals surface area contributed by atoms with Gasteiger partial charge in [0.2, 0.25) is 0 Å². The van der Waals surface area contributed by atoms with Gasteiger partial charge in [0.05, 0.1) is 6.04 Å². The zero-order chi connectivity index (χ0) is 19.8. The third kappa shape index (κ3) is 3.26. The van der Waals surface area contributed by atoms with Gasteiger partial charge in [-0.25, -0.2) is 9.78 Å². The first-order chi connectivity index (χ1) is 14.2. The predicted octanol–water partition coefficient (Wildman–Crippen LogP) is 3.14. The van der Waals surface area contributed by atoms with E-state index in [0.717, 1.165) is 35.6 Å². The maximum atomic E-state index is 12.8. The van der Waals surface area contributed by atoms with Gasteiger partial charge in [0, 0.05) is 43.3 Å². The number of urea groups is 1. The molecule has 1 aliphatic heterocycles. The van der Waals surface area contributed by atoms with Crippen molar-refractivity contribution in [2.45, 2.75) is 57.5 Å². The second-order valence-corrected chi connectivity index (χ2v) is 8.11. The van der Waals surface area contributed by atoms with Crippen LogP contribution in [0, 0.1) is 0 Å². The maximum Gasteiger partial charge on any atom is 0.318 e. The van der Waals surface area contributed by atoms with Crippen LogP contribution in [0.25, 0.3) is 11.0 Å². The summed E-state index contributed by atoms with van der Waals surface area (Å²) in [5.74, 6) is 2.57. The van der Waals surface area contributed by atoms with E-state index in [4.69, 9.17) is 0 Å². The zero-order valence-electron chi connectivity index (χ0n) is 16.8. The molecule has 8 nitrogen and oxygen atoms in total. The standard InChI is InChI=1S/C21H27N7O/c1-14-19-25-26-20(15-5-2-3-6-15)28(19)12-11-27(14)21(29)23-10-8-16-13-24-18-17(16)7-4-9-22-18/h4,7,9,13-15H,2-3,5-6,8,10-12H2,1H3,(H,22,24)(H,23,29). The van der Waals surface area contributed by atoms with Crippen molar-refractivity contribution in [2.24, 2.45) is 0 Å². The van der Waals surface area contributed by atoms with Crippen LogP contribution in [-0.4, -0.2) is 48.8 Å². The fourth-order valence-electron chi connectivity index (χ4n) is 4.80. The maximum absolute atomic E-state index is 12.8. The number of nitrogens with one attached hydrogen (secondary N) is 2. The van der Waals surface area contributed by atoms with E-state index in [0.29, 0.717) is 19.0 Å². The number of amides is 2. The van der Waals surface area contributed by atoms with E-state index in [9.17, 15) is 4.79 Å². The van der Waals surface area contributed by atoms with Crippen LogP contribution >= 0.6 is 0 Å². The highest BCUT2D eigenvalue weighted by molar-refractivity contribution is 5.79. The van der Waals surface area contributed by atoms with E-state index in [1.54, 1.807) is 6.20 Å². The summed E-state index contributed by atoms with van der Waals surface area (Å²) < 4.78 is 2.25.